The van der Waals surface area contributed by atoms with E-state index in [0.29, 0.717) is 29.1 Å². The van der Waals surface area contributed by atoms with Crippen LogP contribution in [0.2, 0.25) is 0 Å². The normalized spacial score (nSPS) is 18.0. The van der Waals surface area contributed by atoms with E-state index in [1.54, 1.807) is 24.3 Å². The second kappa shape index (κ2) is 10.5. The fourth-order valence-electron chi connectivity index (χ4n) is 3.09. The topological polar surface area (TPSA) is 118 Å². The molecule has 0 amide bonds. The van der Waals surface area contributed by atoms with Gasteiger partial charge in [-0.2, -0.15) is 0 Å². The van der Waals surface area contributed by atoms with Crippen molar-refractivity contribution in [1.82, 2.24) is 0 Å². The molecule has 0 fully saturated rings. The Labute approximate surface area is 181 Å². The van der Waals surface area contributed by atoms with E-state index in [2.05, 4.69) is 9.05 Å². The Morgan fingerprint density at radius 1 is 1.13 bits per heavy atom. The van der Waals surface area contributed by atoms with Crippen LogP contribution in [0, 0.1) is 0 Å². The molecule has 0 radical (unpaired) electrons. The van der Waals surface area contributed by atoms with Crippen LogP contribution in [0.3, 0.4) is 0 Å². The van der Waals surface area contributed by atoms with Gasteiger partial charge in [0.05, 0.1) is 19.8 Å². The molecule has 0 spiro atoms. The summed E-state index contributed by atoms with van der Waals surface area (Å²) in [6.45, 7) is -0.847. The van der Waals surface area contributed by atoms with Crippen LogP contribution in [0.5, 0.6) is 5.75 Å². The third-order valence-electron chi connectivity index (χ3n) is 4.58. The molecule has 0 aromatic heterocycles. The number of carbonyl (C=O) groups excluding carboxylic acids is 1. The molecule has 1 aromatic carbocycles. The fraction of sp³-hybridized carbons (Fsp3) is 0.350. The average Bonchev–Trinajstić information content (AvgIpc) is 2.91. The minimum atomic E-state index is -2.44. The van der Waals surface area contributed by atoms with Crippen molar-refractivity contribution in [3.8, 4) is 5.75 Å². The number of benzene rings is 1. The highest BCUT2D eigenvalue weighted by Crippen LogP contribution is 2.34. The van der Waals surface area contributed by atoms with Crippen LogP contribution >= 0.6 is 16.5 Å². The molecule has 164 valence electrons. The molecular weight excluding hydrogens is 446 g/mol. The van der Waals surface area contributed by atoms with Gasteiger partial charge in [0.2, 0.25) is 0 Å². The summed E-state index contributed by atoms with van der Waals surface area (Å²) in [6, 6.07) is 4.94. The van der Waals surface area contributed by atoms with Crippen LogP contribution in [-0.2, 0) is 33.6 Å². The smallest absolute Gasteiger partial charge is 0.456 e. The number of aliphatic hydroxyl groups is 1. The molecule has 1 heterocycles. The Hall–Kier alpha value is -2.09. The predicted molar refractivity (Wildman–Crippen MR) is 111 cm³/mol. The Bertz CT molecular complexity index is 961. The third kappa shape index (κ3) is 6.21. The molecule has 2 aliphatic rings. The molecule has 31 heavy (non-hydrogen) atoms. The SMILES string of the molecule is CO[P+](=O)OCC(O)(CO[P+](=O)OC)Cc1ccc2c(c1)C(=O)C=C1CC=CC=C1O2. The summed E-state index contributed by atoms with van der Waals surface area (Å²) in [5.74, 6) is 0.807. The van der Waals surface area contributed by atoms with E-state index in [0.717, 1.165) is 5.57 Å². The quantitative estimate of drug-likeness (QED) is 0.510. The highest BCUT2D eigenvalue weighted by molar-refractivity contribution is 7.33. The summed E-state index contributed by atoms with van der Waals surface area (Å²) in [4.78, 5) is 12.8. The molecule has 0 saturated carbocycles. The molecule has 1 N–H and O–H groups in total. The maximum Gasteiger partial charge on any atom is 0.697 e. The van der Waals surface area contributed by atoms with E-state index < -0.39 is 35.3 Å². The van der Waals surface area contributed by atoms with Crippen LogP contribution in [0.1, 0.15) is 22.3 Å². The number of carbonyl (C=O) groups is 1. The molecule has 2 unspecified atom stereocenters. The fourth-order valence-corrected chi connectivity index (χ4v) is 3.99. The van der Waals surface area contributed by atoms with Gasteiger partial charge in [-0.05, 0) is 36.3 Å². The third-order valence-corrected chi connectivity index (χ3v) is 5.86. The molecule has 1 aliphatic heterocycles. The first-order chi connectivity index (χ1) is 14.8. The number of hydrogen-bond acceptors (Lipinski definition) is 9. The van der Waals surface area contributed by atoms with E-state index in [1.807, 2.05) is 12.2 Å². The maximum absolute atomic E-state index is 12.8. The van der Waals surface area contributed by atoms with Crippen molar-refractivity contribution in [3.63, 3.8) is 0 Å². The van der Waals surface area contributed by atoms with Crippen LogP contribution in [-0.4, -0.2) is 43.9 Å². The average molecular weight is 468 g/mol. The lowest BCUT2D eigenvalue weighted by Gasteiger charge is -2.23. The van der Waals surface area contributed by atoms with E-state index in [1.165, 1.54) is 20.3 Å². The molecule has 9 nitrogen and oxygen atoms in total. The highest BCUT2D eigenvalue weighted by atomic mass is 31.1. The summed E-state index contributed by atoms with van der Waals surface area (Å²) >= 11 is 0. The van der Waals surface area contributed by atoms with Crippen molar-refractivity contribution in [2.24, 2.45) is 0 Å². The largest absolute Gasteiger partial charge is 0.697 e. The number of fused-ring (bicyclic) bond motifs is 2. The van der Waals surface area contributed by atoms with Gasteiger partial charge >= 0.3 is 16.5 Å². The first kappa shape index (κ1) is 23.6. The van der Waals surface area contributed by atoms with Crippen LogP contribution in [0.15, 0.2) is 53.8 Å². The zero-order valence-corrected chi connectivity index (χ0v) is 18.8. The highest BCUT2D eigenvalue weighted by Gasteiger charge is 2.38. The lowest BCUT2D eigenvalue weighted by molar-refractivity contribution is -0.0413. The van der Waals surface area contributed by atoms with Gasteiger partial charge in [0.1, 0.15) is 30.3 Å². The number of ether oxygens (including phenoxy) is 1. The molecule has 1 aromatic rings. The Balaban J connectivity index is 1.83. The standard InChI is InChI=1S/C20H22O9P2/c1-25-30(23)27-12-20(22,13-28-31(24)26-2)11-14-7-8-19-16(9-14)17(21)10-15-5-3-4-6-18(15)29-19/h3-4,6-10,22H,5,11-13H2,1-2H3/q+2. The lowest BCUT2D eigenvalue weighted by Crippen LogP contribution is -2.41. The summed E-state index contributed by atoms with van der Waals surface area (Å²) in [5, 5.41) is 11.0. The summed E-state index contributed by atoms with van der Waals surface area (Å²) in [5.41, 5.74) is -0.0128. The number of allylic oxidation sites excluding steroid dienone is 5. The van der Waals surface area contributed by atoms with E-state index in [4.69, 9.17) is 13.8 Å². The zero-order valence-electron chi connectivity index (χ0n) is 17.0. The van der Waals surface area contributed by atoms with E-state index in [-0.39, 0.29) is 12.2 Å². The van der Waals surface area contributed by atoms with Gasteiger partial charge in [-0.3, -0.25) is 4.79 Å². The van der Waals surface area contributed by atoms with Gasteiger partial charge < -0.3 is 9.84 Å². The minimum Gasteiger partial charge on any atom is -0.456 e. The van der Waals surface area contributed by atoms with Crippen LogP contribution < -0.4 is 4.74 Å². The molecule has 3 rings (SSSR count). The van der Waals surface area contributed by atoms with Crippen molar-refractivity contribution in [2.75, 3.05) is 27.4 Å². The van der Waals surface area contributed by atoms with Gasteiger partial charge in [0.15, 0.2) is 5.78 Å². The van der Waals surface area contributed by atoms with Gasteiger partial charge in [-0.15, -0.1) is 18.1 Å². The summed E-state index contributed by atoms with van der Waals surface area (Å²) < 4.78 is 48.1. The van der Waals surface area contributed by atoms with Crippen molar-refractivity contribution in [3.05, 3.63) is 65.0 Å². The first-order valence-electron chi connectivity index (χ1n) is 9.27. The number of hydrogen-bond donors (Lipinski definition) is 1. The van der Waals surface area contributed by atoms with Gasteiger partial charge in [-0.1, -0.05) is 18.2 Å². The second-order valence-electron chi connectivity index (χ2n) is 6.89. The maximum atomic E-state index is 12.8. The molecule has 1 aliphatic carbocycles. The van der Waals surface area contributed by atoms with E-state index in [9.17, 15) is 19.0 Å². The van der Waals surface area contributed by atoms with Gasteiger partial charge in [-0.25, -0.2) is 0 Å². The first-order valence-corrected chi connectivity index (χ1v) is 11.5. The second-order valence-corrected chi connectivity index (χ2v) is 9.03. The van der Waals surface area contributed by atoms with Crippen LogP contribution in [0.25, 0.3) is 0 Å². The Kier molecular flexibility index (Phi) is 7.97. The molecule has 0 bridgehead atoms. The molecular formula is C20H22O9P2+2. The van der Waals surface area contributed by atoms with Gasteiger partial charge in [0.25, 0.3) is 0 Å². The predicted octanol–water partition coefficient (Wildman–Crippen LogP) is 3.95. The molecule has 11 heteroatoms. The zero-order chi connectivity index (χ0) is 22.4. The van der Waals surface area contributed by atoms with Crippen molar-refractivity contribution < 1.29 is 41.9 Å². The molecule has 2 atom stereocenters. The summed E-state index contributed by atoms with van der Waals surface area (Å²) in [6.07, 6.45) is 7.69. The van der Waals surface area contributed by atoms with Crippen molar-refractivity contribution in [1.29, 1.82) is 0 Å². The number of rotatable bonds is 10. The van der Waals surface area contributed by atoms with Crippen molar-refractivity contribution in [2.45, 2.75) is 18.4 Å². The summed E-state index contributed by atoms with van der Waals surface area (Å²) in [7, 11) is -2.48. The lowest BCUT2D eigenvalue weighted by atomic mass is 9.94. The number of ketones is 1. The van der Waals surface area contributed by atoms with Crippen molar-refractivity contribution >= 4 is 22.3 Å². The van der Waals surface area contributed by atoms with Gasteiger partial charge in [0, 0.05) is 21.1 Å². The Morgan fingerprint density at radius 2 is 1.81 bits per heavy atom. The van der Waals surface area contributed by atoms with Crippen LogP contribution in [0.4, 0.5) is 0 Å². The molecule has 0 saturated heterocycles. The Morgan fingerprint density at radius 3 is 2.45 bits per heavy atom. The van der Waals surface area contributed by atoms with E-state index >= 15 is 0 Å². The monoisotopic (exact) mass is 468 g/mol. The minimum absolute atomic E-state index is 0.0475.